The van der Waals surface area contributed by atoms with Crippen LogP contribution < -0.4 is 5.32 Å². The zero-order chi connectivity index (χ0) is 13.9. The average Bonchev–Trinajstić information content (AvgIpc) is 2.50. The Hall–Kier alpha value is -0.860. The van der Waals surface area contributed by atoms with Gasteiger partial charge in [-0.1, -0.05) is 36.8 Å². The van der Waals surface area contributed by atoms with Gasteiger partial charge >= 0.3 is 0 Å². The summed E-state index contributed by atoms with van der Waals surface area (Å²) in [5.74, 6) is 0. The number of aryl methyl sites for hydroxylation is 1. The summed E-state index contributed by atoms with van der Waals surface area (Å²) >= 11 is 0. The first-order valence-corrected chi connectivity index (χ1v) is 7.57. The maximum atomic E-state index is 3.72. The van der Waals surface area contributed by atoms with Crippen molar-refractivity contribution in [2.45, 2.75) is 58.7 Å². The summed E-state index contributed by atoms with van der Waals surface area (Å²) in [6.07, 6.45) is 2.42. The smallest absolute Gasteiger partial charge is 0.0278 e. The summed E-state index contributed by atoms with van der Waals surface area (Å²) in [7, 11) is 0. The summed E-state index contributed by atoms with van der Waals surface area (Å²) in [6, 6.07) is 9.56. The Kier molecular flexibility index (Phi) is 4.64. The van der Waals surface area contributed by atoms with Crippen molar-refractivity contribution in [1.29, 1.82) is 0 Å². The van der Waals surface area contributed by atoms with Crippen molar-refractivity contribution in [3.8, 4) is 0 Å². The fourth-order valence-electron chi connectivity index (χ4n) is 2.92. The Morgan fingerprint density at radius 3 is 2.89 bits per heavy atom. The summed E-state index contributed by atoms with van der Waals surface area (Å²) in [6.45, 7) is 12.5. The van der Waals surface area contributed by atoms with Crippen molar-refractivity contribution in [3.05, 3.63) is 35.4 Å². The zero-order valence-corrected chi connectivity index (χ0v) is 12.9. The largest absolute Gasteiger partial charge is 0.310 e. The Morgan fingerprint density at radius 2 is 2.21 bits per heavy atom. The van der Waals surface area contributed by atoms with Crippen molar-refractivity contribution >= 4 is 0 Å². The van der Waals surface area contributed by atoms with E-state index in [-0.39, 0.29) is 5.54 Å². The first kappa shape index (κ1) is 14.5. The van der Waals surface area contributed by atoms with Gasteiger partial charge in [-0.3, -0.25) is 4.90 Å². The fourth-order valence-corrected chi connectivity index (χ4v) is 2.92. The standard InChI is InChI=1S/C17H28N2/c1-5-17(4)13-19(15(3)9-10-18-17)12-16-8-6-7-14(2)11-16/h6-8,11,15,18H,5,9-10,12-13H2,1-4H3. The summed E-state index contributed by atoms with van der Waals surface area (Å²) in [4.78, 5) is 2.64. The van der Waals surface area contributed by atoms with Crippen molar-refractivity contribution in [1.82, 2.24) is 10.2 Å². The topological polar surface area (TPSA) is 15.3 Å². The summed E-state index contributed by atoms with van der Waals surface area (Å²) < 4.78 is 0. The van der Waals surface area contributed by atoms with Crippen molar-refractivity contribution in [2.24, 2.45) is 0 Å². The number of rotatable bonds is 3. The van der Waals surface area contributed by atoms with Gasteiger partial charge < -0.3 is 5.32 Å². The van der Waals surface area contributed by atoms with Crippen LogP contribution in [0.4, 0.5) is 0 Å². The molecule has 1 aliphatic rings. The molecule has 2 rings (SSSR count). The van der Waals surface area contributed by atoms with Gasteiger partial charge in [0.2, 0.25) is 0 Å². The number of hydrogen-bond acceptors (Lipinski definition) is 2. The monoisotopic (exact) mass is 260 g/mol. The molecule has 1 N–H and O–H groups in total. The molecule has 2 unspecified atom stereocenters. The fraction of sp³-hybridized carbons (Fsp3) is 0.647. The first-order chi connectivity index (χ1) is 9.02. The molecule has 1 aromatic rings. The maximum absolute atomic E-state index is 3.72. The Bertz CT molecular complexity index is 415. The lowest BCUT2D eigenvalue weighted by molar-refractivity contribution is 0.163. The molecule has 2 heteroatoms. The van der Waals surface area contributed by atoms with Crippen LogP contribution in [-0.4, -0.2) is 29.6 Å². The molecule has 0 spiro atoms. The van der Waals surface area contributed by atoms with E-state index in [4.69, 9.17) is 0 Å². The Morgan fingerprint density at radius 1 is 1.42 bits per heavy atom. The molecule has 0 saturated carbocycles. The second kappa shape index (κ2) is 6.06. The minimum Gasteiger partial charge on any atom is -0.310 e. The lowest BCUT2D eigenvalue weighted by Crippen LogP contribution is -2.49. The van der Waals surface area contributed by atoms with Gasteiger partial charge in [0, 0.05) is 24.7 Å². The summed E-state index contributed by atoms with van der Waals surface area (Å²) in [5.41, 5.74) is 3.05. The van der Waals surface area contributed by atoms with Gasteiger partial charge in [-0.15, -0.1) is 0 Å². The molecular formula is C17H28N2. The second-order valence-electron chi connectivity index (χ2n) is 6.37. The molecule has 2 atom stereocenters. The zero-order valence-electron chi connectivity index (χ0n) is 12.9. The molecule has 106 valence electrons. The van der Waals surface area contributed by atoms with Crippen molar-refractivity contribution < 1.29 is 0 Å². The predicted octanol–water partition coefficient (Wildman–Crippen LogP) is 3.35. The van der Waals surface area contributed by atoms with Gasteiger partial charge in [0.1, 0.15) is 0 Å². The highest BCUT2D eigenvalue weighted by Crippen LogP contribution is 2.21. The van der Waals surface area contributed by atoms with Crippen LogP contribution >= 0.6 is 0 Å². The van der Waals surface area contributed by atoms with Gasteiger partial charge in [0.05, 0.1) is 0 Å². The normalized spacial score (nSPS) is 29.2. The molecule has 0 aliphatic carbocycles. The average molecular weight is 260 g/mol. The molecule has 1 aromatic carbocycles. The molecule has 0 radical (unpaired) electrons. The molecular weight excluding hydrogens is 232 g/mol. The van der Waals surface area contributed by atoms with Crippen LogP contribution in [0.3, 0.4) is 0 Å². The van der Waals surface area contributed by atoms with E-state index in [1.807, 2.05) is 0 Å². The van der Waals surface area contributed by atoms with Crippen molar-refractivity contribution in [2.75, 3.05) is 13.1 Å². The SMILES string of the molecule is CCC1(C)CN(Cc2cccc(C)c2)C(C)CCN1. The van der Waals surface area contributed by atoms with Gasteiger partial charge in [0.25, 0.3) is 0 Å². The van der Waals surface area contributed by atoms with Crippen LogP contribution in [0.1, 0.15) is 44.7 Å². The van der Waals surface area contributed by atoms with Gasteiger partial charge in [-0.2, -0.15) is 0 Å². The molecule has 1 aliphatic heterocycles. The highest BCUT2D eigenvalue weighted by molar-refractivity contribution is 5.22. The Balaban J connectivity index is 2.11. The molecule has 2 nitrogen and oxygen atoms in total. The van der Waals surface area contributed by atoms with Gasteiger partial charge in [-0.25, -0.2) is 0 Å². The third kappa shape index (κ3) is 3.80. The van der Waals surface area contributed by atoms with Crippen LogP contribution in [0.2, 0.25) is 0 Å². The lowest BCUT2D eigenvalue weighted by Gasteiger charge is -2.35. The quantitative estimate of drug-likeness (QED) is 0.896. The molecule has 19 heavy (non-hydrogen) atoms. The van der Waals surface area contributed by atoms with E-state index in [0.29, 0.717) is 6.04 Å². The molecule has 0 aromatic heterocycles. The van der Waals surface area contributed by atoms with E-state index in [2.05, 4.69) is 62.2 Å². The van der Waals surface area contributed by atoms with E-state index in [9.17, 15) is 0 Å². The molecule has 1 saturated heterocycles. The predicted molar refractivity (Wildman–Crippen MR) is 82.4 cm³/mol. The maximum Gasteiger partial charge on any atom is 0.0278 e. The van der Waals surface area contributed by atoms with Gasteiger partial charge in [-0.05, 0) is 45.7 Å². The number of nitrogens with one attached hydrogen (secondary N) is 1. The van der Waals surface area contributed by atoms with Crippen LogP contribution in [0.15, 0.2) is 24.3 Å². The molecule has 1 heterocycles. The second-order valence-corrected chi connectivity index (χ2v) is 6.37. The van der Waals surface area contributed by atoms with Crippen LogP contribution in [0, 0.1) is 6.92 Å². The molecule has 1 fully saturated rings. The van der Waals surface area contributed by atoms with Gasteiger partial charge in [0.15, 0.2) is 0 Å². The van der Waals surface area contributed by atoms with E-state index < -0.39 is 0 Å². The van der Waals surface area contributed by atoms with E-state index >= 15 is 0 Å². The lowest BCUT2D eigenvalue weighted by atomic mass is 9.98. The van der Waals surface area contributed by atoms with E-state index in [0.717, 1.165) is 19.6 Å². The highest BCUT2D eigenvalue weighted by Gasteiger charge is 2.30. The minimum absolute atomic E-state index is 0.259. The van der Waals surface area contributed by atoms with E-state index in [1.165, 1.54) is 24.0 Å². The first-order valence-electron chi connectivity index (χ1n) is 7.57. The Labute approximate surface area is 118 Å². The molecule has 0 bridgehead atoms. The summed E-state index contributed by atoms with van der Waals surface area (Å²) in [5, 5.41) is 3.72. The highest BCUT2D eigenvalue weighted by atomic mass is 15.2. The third-order valence-corrected chi connectivity index (χ3v) is 4.54. The van der Waals surface area contributed by atoms with E-state index in [1.54, 1.807) is 0 Å². The van der Waals surface area contributed by atoms with Crippen LogP contribution in [0.5, 0.6) is 0 Å². The number of nitrogens with zero attached hydrogens (tertiary/aromatic N) is 1. The third-order valence-electron chi connectivity index (χ3n) is 4.54. The van der Waals surface area contributed by atoms with Crippen LogP contribution in [-0.2, 0) is 6.54 Å². The minimum atomic E-state index is 0.259. The number of benzene rings is 1. The number of hydrogen-bond donors (Lipinski definition) is 1. The van der Waals surface area contributed by atoms with Crippen LogP contribution in [0.25, 0.3) is 0 Å². The van der Waals surface area contributed by atoms with Crippen molar-refractivity contribution in [3.63, 3.8) is 0 Å². The molecule has 0 amide bonds.